The Morgan fingerprint density at radius 1 is 1.65 bits per heavy atom. The maximum atomic E-state index is 12.0. The van der Waals surface area contributed by atoms with Gasteiger partial charge in [0.2, 0.25) is 5.91 Å². The van der Waals surface area contributed by atoms with Crippen molar-refractivity contribution in [2.45, 2.75) is 19.5 Å². The number of aryl methyl sites for hydroxylation is 1. The van der Waals surface area contributed by atoms with Crippen LogP contribution < -0.4 is 10.6 Å². The Morgan fingerprint density at radius 2 is 2.55 bits per heavy atom. The van der Waals surface area contributed by atoms with E-state index in [1.165, 1.54) is 0 Å². The topological polar surface area (TPSA) is 67.7 Å². The Balaban J connectivity index is 1.64. The first kappa shape index (κ1) is 13.1. The minimum Gasteiger partial charge on any atom is -0.378 e. The molecule has 2 aromatic rings. The molecule has 1 aliphatic rings. The van der Waals surface area contributed by atoms with Gasteiger partial charge in [0.1, 0.15) is 11.7 Å². The lowest BCUT2D eigenvalue weighted by atomic mass is 10.2. The fraction of sp³-hybridized carbons (Fsp3) is 0.429. The van der Waals surface area contributed by atoms with Crippen LogP contribution in [0.15, 0.2) is 24.5 Å². The van der Waals surface area contributed by atoms with Gasteiger partial charge in [0, 0.05) is 18.9 Å². The number of amides is 1. The van der Waals surface area contributed by atoms with Crippen LogP contribution in [0, 0.1) is 6.92 Å². The Morgan fingerprint density at radius 3 is 3.30 bits per heavy atom. The number of hydrogen-bond acceptors (Lipinski definition) is 4. The number of imidazole rings is 1. The zero-order valence-corrected chi connectivity index (χ0v) is 11.4. The van der Waals surface area contributed by atoms with E-state index in [9.17, 15) is 4.79 Å². The summed E-state index contributed by atoms with van der Waals surface area (Å²) in [4.78, 5) is 16.5. The summed E-state index contributed by atoms with van der Waals surface area (Å²) in [6.07, 6.45) is 3.89. The van der Waals surface area contributed by atoms with Crippen molar-refractivity contribution in [3.63, 3.8) is 0 Å². The van der Waals surface area contributed by atoms with E-state index in [0.29, 0.717) is 26.3 Å². The van der Waals surface area contributed by atoms with Crippen LogP contribution in [0.2, 0.25) is 0 Å². The first-order chi connectivity index (χ1) is 9.74. The van der Waals surface area contributed by atoms with Gasteiger partial charge >= 0.3 is 0 Å². The van der Waals surface area contributed by atoms with Crippen molar-refractivity contribution in [1.82, 2.24) is 20.0 Å². The molecule has 6 nitrogen and oxygen atoms in total. The van der Waals surface area contributed by atoms with Gasteiger partial charge in [-0.2, -0.15) is 0 Å². The molecule has 1 unspecified atom stereocenters. The van der Waals surface area contributed by atoms with Crippen LogP contribution in [0.25, 0.3) is 5.65 Å². The average molecular weight is 274 g/mol. The van der Waals surface area contributed by atoms with Crippen molar-refractivity contribution in [2.75, 3.05) is 19.8 Å². The maximum absolute atomic E-state index is 12.0. The number of aromatic nitrogens is 2. The highest BCUT2D eigenvalue weighted by molar-refractivity contribution is 5.81. The minimum absolute atomic E-state index is 0.0431. The van der Waals surface area contributed by atoms with Gasteiger partial charge in [0.05, 0.1) is 25.5 Å². The van der Waals surface area contributed by atoms with Crippen molar-refractivity contribution in [3.8, 4) is 0 Å². The largest absolute Gasteiger partial charge is 0.378 e. The van der Waals surface area contributed by atoms with Crippen molar-refractivity contribution in [3.05, 3.63) is 35.8 Å². The van der Waals surface area contributed by atoms with Crippen LogP contribution in [0.1, 0.15) is 11.3 Å². The lowest BCUT2D eigenvalue weighted by Gasteiger charge is -2.22. The molecule has 0 radical (unpaired) electrons. The normalized spacial score (nSPS) is 19.1. The van der Waals surface area contributed by atoms with E-state index in [1.54, 1.807) is 0 Å². The van der Waals surface area contributed by atoms with Gasteiger partial charge in [-0.3, -0.25) is 4.79 Å². The lowest BCUT2D eigenvalue weighted by Crippen LogP contribution is -2.51. The molecular formula is C14H18N4O2. The molecule has 2 N–H and O–H groups in total. The average Bonchev–Trinajstić information content (AvgIpc) is 2.90. The number of carbonyl (C=O) groups is 1. The number of rotatable bonds is 3. The number of fused-ring (bicyclic) bond motifs is 1. The van der Waals surface area contributed by atoms with Gasteiger partial charge in [0.15, 0.2) is 0 Å². The standard InChI is InChI=1S/C14H18N4O2/c1-10-3-2-5-18-8-11(17-13(10)18)7-16-14(19)12-9-20-6-4-15-12/h2-3,5,8,12,15H,4,6-7,9H2,1H3,(H,16,19). The van der Waals surface area contributed by atoms with Gasteiger partial charge in [-0.15, -0.1) is 0 Å². The number of pyridine rings is 1. The van der Waals surface area contributed by atoms with Crippen molar-refractivity contribution in [1.29, 1.82) is 0 Å². The molecule has 0 bridgehead atoms. The molecule has 3 heterocycles. The molecule has 3 rings (SSSR count). The number of nitrogens with one attached hydrogen (secondary N) is 2. The van der Waals surface area contributed by atoms with E-state index in [4.69, 9.17) is 4.74 Å². The van der Waals surface area contributed by atoms with E-state index >= 15 is 0 Å². The summed E-state index contributed by atoms with van der Waals surface area (Å²) in [6.45, 7) is 4.25. The molecular weight excluding hydrogens is 256 g/mol. The Kier molecular flexibility index (Phi) is 3.66. The second kappa shape index (κ2) is 5.60. The third-order valence-electron chi connectivity index (χ3n) is 3.41. The summed E-state index contributed by atoms with van der Waals surface area (Å²) in [5.41, 5.74) is 2.90. The van der Waals surface area contributed by atoms with E-state index in [0.717, 1.165) is 16.9 Å². The summed E-state index contributed by atoms with van der Waals surface area (Å²) < 4.78 is 7.25. The fourth-order valence-electron chi connectivity index (χ4n) is 2.32. The lowest BCUT2D eigenvalue weighted by molar-refractivity contribution is -0.126. The molecule has 1 aliphatic heterocycles. The highest BCUT2D eigenvalue weighted by atomic mass is 16.5. The summed E-state index contributed by atoms with van der Waals surface area (Å²) in [5, 5.41) is 6.02. The second-order valence-electron chi connectivity index (χ2n) is 4.95. The van der Waals surface area contributed by atoms with E-state index in [-0.39, 0.29) is 11.9 Å². The highest BCUT2D eigenvalue weighted by Crippen LogP contribution is 2.09. The van der Waals surface area contributed by atoms with Crippen LogP contribution in [0.3, 0.4) is 0 Å². The maximum Gasteiger partial charge on any atom is 0.239 e. The fourth-order valence-corrected chi connectivity index (χ4v) is 2.32. The van der Waals surface area contributed by atoms with Gasteiger partial charge in [-0.25, -0.2) is 4.98 Å². The summed E-state index contributed by atoms with van der Waals surface area (Å²) in [6, 6.07) is 3.74. The summed E-state index contributed by atoms with van der Waals surface area (Å²) in [7, 11) is 0. The third kappa shape index (κ3) is 2.66. The van der Waals surface area contributed by atoms with Gasteiger partial charge < -0.3 is 19.8 Å². The molecule has 106 valence electrons. The molecule has 0 spiro atoms. The van der Waals surface area contributed by atoms with Crippen molar-refractivity contribution in [2.24, 2.45) is 0 Å². The Labute approximate surface area is 117 Å². The molecule has 1 saturated heterocycles. The smallest absolute Gasteiger partial charge is 0.239 e. The van der Waals surface area contributed by atoms with Gasteiger partial charge in [0.25, 0.3) is 0 Å². The van der Waals surface area contributed by atoms with E-state index in [1.807, 2.05) is 35.9 Å². The first-order valence-electron chi connectivity index (χ1n) is 6.76. The van der Waals surface area contributed by atoms with Crippen LogP contribution in [-0.2, 0) is 16.1 Å². The van der Waals surface area contributed by atoms with Crippen LogP contribution in [0.5, 0.6) is 0 Å². The molecule has 1 atom stereocenters. The van der Waals surface area contributed by atoms with Gasteiger partial charge in [-0.1, -0.05) is 6.07 Å². The molecule has 0 aliphatic carbocycles. The van der Waals surface area contributed by atoms with Crippen LogP contribution in [0.4, 0.5) is 0 Å². The first-order valence-corrected chi connectivity index (χ1v) is 6.76. The number of nitrogens with zero attached hydrogens (tertiary/aromatic N) is 2. The third-order valence-corrected chi connectivity index (χ3v) is 3.41. The molecule has 1 amide bonds. The van der Waals surface area contributed by atoms with Crippen molar-refractivity contribution >= 4 is 11.6 Å². The van der Waals surface area contributed by atoms with Gasteiger partial charge in [-0.05, 0) is 18.6 Å². The zero-order chi connectivity index (χ0) is 13.9. The predicted molar refractivity (Wildman–Crippen MR) is 74.4 cm³/mol. The monoisotopic (exact) mass is 274 g/mol. The quantitative estimate of drug-likeness (QED) is 0.842. The second-order valence-corrected chi connectivity index (χ2v) is 4.95. The van der Waals surface area contributed by atoms with E-state index < -0.39 is 0 Å². The summed E-state index contributed by atoms with van der Waals surface area (Å²) >= 11 is 0. The molecule has 1 fully saturated rings. The minimum atomic E-state index is -0.262. The van der Waals surface area contributed by atoms with Crippen LogP contribution in [-0.4, -0.2) is 41.1 Å². The number of morpholine rings is 1. The van der Waals surface area contributed by atoms with E-state index in [2.05, 4.69) is 15.6 Å². The zero-order valence-electron chi connectivity index (χ0n) is 11.4. The predicted octanol–water partition coefficient (Wildman–Crippen LogP) is 0.247. The molecule has 6 heteroatoms. The van der Waals surface area contributed by atoms with Crippen LogP contribution >= 0.6 is 0 Å². The summed E-state index contributed by atoms with van der Waals surface area (Å²) in [5.74, 6) is -0.0431. The van der Waals surface area contributed by atoms with Crippen molar-refractivity contribution < 1.29 is 9.53 Å². The number of carbonyl (C=O) groups excluding carboxylic acids is 1. The number of ether oxygens (including phenoxy) is 1. The highest BCUT2D eigenvalue weighted by Gasteiger charge is 2.20. The molecule has 20 heavy (non-hydrogen) atoms. The number of hydrogen-bond donors (Lipinski definition) is 2. The Bertz CT molecular complexity index is 617. The molecule has 0 aromatic carbocycles. The molecule has 2 aromatic heterocycles. The molecule has 0 saturated carbocycles. The SMILES string of the molecule is Cc1cccn2cc(CNC(=O)C3COCCN3)nc12. The Hall–Kier alpha value is -1.92.